The summed E-state index contributed by atoms with van der Waals surface area (Å²) in [5.74, 6) is -0.639. The van der Waals surface area contributed by atoms with Gasteiger partial charge in [-0.05, 0) is 31.9 Å². The highest BCUT2D eigenvalue weighted by Crippen LogP contribution is 2.34. The SMILES string of the molecule is CCO[C@H]1CCC1N(C)/C(C(=O)NO)=C1/NC(=O)N(c2ccccc2OC)C1=N. The van der Waals surface area contributed by atoms with E-state index >= 15 is 0 Å². The van der Waals surface area contributed by atoms with E-state index in [0.717, 1.165) is 17.7 Å². The molecule has 1 aliphatic heterocycles. The number of urea groups is 1. The number of benzene rings is 1. The van der Waals surface area contributed by atoms with E-state index < -0.39 is 11.9 Å². The van der Waals surface area contributed by atoms with Crippen LogP contribution in [0.2, 0.25) is 0 Å². The highest BCUT2D eigenvalue weighted by Gasteiger charge is 2.42. The van der Waals surface area contributed by atoms with Crippen molar-refractivity contribution in [3.8, 4) is 5.75 Å². The van der Waals surface area contributed by atoms with E-state index in [0.29, 0.717) is 18.0 Å². The molecule has 2 aliphatic rings. The van der Waals surface area contributed by atoms with Crippen molar-refractivity contribution >= 4 is 23.5 Å². The summed E-state index contributed by atoms with van der Waals surface area (Å²) in [6, 6.07) is 6.07. The van der Waals surface area contributed by atoms with Crippen LogP contribution in [-0.2, 0) is 9.53 Å². The number of para-hydroxylation sites is 2. The van der Waals surface area contributed by atoms with Gasteiger partial charge in [-0.15, -0.1) is 0 Å². The average molecular weight is 403 g/mol. The molecule has 1 aromatic rings. The minimum atomic E-state index is -0.823. The first-order valence-corrected chi connectivity index (χ1v) is 9.30. The van der Waals surface area contributed by atoms with Crippen molar-refractivity contribution in [1.29, 1.82) is 5.41 Å². The van der Waals surface area contributed by atoms with Crippen LogP contribution in [-0.4, -0.2) is 60.8 Å². The molecule has 1 saturated heterocycles. The molecule has 1 saturated carbocycles. The molecular formula is C19H25N5O5. The van der Waals surface area contributed by atoms with Crippen LogP contribution in [0.3, 0.4) is 0 Å². The lowest BCUT2D eigenvalue weighted by atomic mass is 9.87. The van der Waals surface area contributed by atoms with Crippen LogP contribution in [0.5, 0.6) is 5.75 Å². The topological polar surface area (TPSA) is 127 Å². The van der Waals surface area contributed by atoms with E-state index in [1.807, 2.05) is 6.92 Å². The summed E-state index contributed by atoms with van der Waals surface area (Å²) in [6.45, 7) is 2.44. The second kappa shape index (κ2) is 8.50. The Morgan fingerprint density at radius 2 is 2.14 bits per heavy atom. The minimum Gasteiger partial charge on any atom is -0.495 e. The largest absolute Gasteiger partial charge is 0.495 e. The standard InChI is InChI=1S/C19H25N5O5/c1-4-29-14-10-9-11(14)23(2)16(18(25)22-27)15-17(20)24(19(26)21-15)12-7-5-6-8-13(12)28-3/h5-8,11,14,20,27H,4,9-10H2,1-3H3,(H,21,26)(H,22,25)/b16-15+,20-17?/t11?,14-/m0/s1. The molecule has 3 rings (SSSR count). The number of methoxy groups -OCH3 is 1. The summed E-state index contributed by atoms with van der Waals surface area (Å²) in [5.41, 5.74) is 1.97. The Bertz CT molecular complexity index is 855. The normalized spacial score (nSPS) is 22.7. The molecule has 10 nitrogen and oxygen atoms in total. The zero-order valence-electron chi connectivity index (χ0n) is 16.6. The first kappa shape index (κ1) is 20.6. The maximum atomic E-state index is 12.7. The molecule has 1 heterocycles. The van der Waals surface area contributed by atoms with Gasteiger partial charge in [-0.1, -0.05) is 12.1 Å². The molecule has 1 unspecified atom stereocenters. The Morgan fingerprint density at radius 3 is 2.72 bits per heavy atom. The predicted molar refractivity (Wildman–Crippen MR) is 105 cm³/mol. The number of ether oxygens (including phenoxy) is 2. The fraction of sp³-hybridized carbons (Fsp3) is 0.421. The fourth-order valence-corrected chi connectivity index (χ4v) is 3.62. The monoisotopic (exact) mass is 403 g/mol. The Hall–Kier alpha value is -3.11. The smallest absolute Gasteiger partial charge is 0.332 e. The molecule has 1 aliphatic carbocycles. The summed E-state index contributed by atoms with van der Waals surface area (Å²) in [6.07, 6.45) is 1.57. The first-order valence-electron chi connectivity index (χ1n) is 9.30. The van der Waals surface area contributed by atoms with Gasteiger partial charge in [0.25, 0.3) is 5.91 Å². The van der Waals surface area contributed by atoms with Crippen LogP contribution in [0.1, 0.15) is 19.8 Å². The van der Waals surface area contributed by atoms with Gasteiger partial charge < -0.3 is 19.7 Å². The van der Waals surface area contributed by atoms with Gasteiger partial charge in [0, 0.05) is 13.7 Å². The van der Waals surface area contributed by atoms with Gasteiger partial charge in [-0.3, -0.25) is 15.4 Å². The van der Waals surface area contributed by atoms with Crippen molar-refractivity contribution in [2.24, 2.45) is 0 Å². The number of hydroxylamine groups is 1. The number of likely N-dealkylation sites (N-methyl/N-ethyl adjacent to an activating group) is 1. The van der Waals surface area contributed by atoms with Gasteiger partial charge in [0.2, 0.25) is 0 Å². The molecule has 4 N–H and O–H groups in total. The number of carbonyl (C=O) groups excluding carboxylic acids is 2. The predicted octanol–water partition coefficient (Wildman–Crippen LogP) is 1.42. The molecular weight excluding hydrogens is 378 g/mol. The van der Waals surface area contributed by atoms with Crippen molar-refractivity contribution in [1.82, 2.24) is 15.7 Å². The lowest BCUT2D eigenvalue weighted by Crippen LogP contribution is -2.52. The highest BCUT2D eigenvalue weighted by molar-refractivity contribution is 6.30. The molecule has 10 heteroatoms. The van der Waals surface area contributed by atoms with Gasteiger partial charge in [0.1, 0.15) is 17.1 Å². The van der Waals surface area contributed by atoms with E-state index in [2.05, 4.69) is 5.32 Å². The van der Waals surface area contributed by atoms with Crippen LogP contribution in [0.25, 0.3) is 0 Å². The number of nitrogens with zero attached hydrogens (tertiary/aromatic N) is 2. The van der Waals surface area contributed by atoms with Crippen molar-refractivity contribution in [2.75, 3.05) is 25.7 Å². The average Bonchev–Trinajstić information content (AvgIpc) is 2.98. The minimum absolute atomic E-state index is 0.00268. The molecule has 156 valence electrons. The van der Waals surface area contributed by atoms with Gasteiger partial charge >= 0.3 is 6.03 Å². The van der Waals surface area contributed by atoms with E-state index in [1.165, 1.54) is 7.11 Å². The number of hydrogen-bond acceptors (Lipinski definition) is 7. The molecule has 0 spiro atoms. The van der Waals surface area contributed by atoms with E-state index in [-0.39, 0.29) is 29.4 Å². The lowest BCUT2D eigenvalue weighted by Gasteiger charge is -2.43. The van der Waals surface area contributed by atoms with Gasteiger partial charge in [0.15, 0.2) is 5.84 Å². The second-order valence-corrected chi connectivity index (χ2v) is 6.70. The van der Waals surface area contributed by atoms with E-state index in [4.69, 9.17) is 14.9 Å². The number of rotatable bonds is 7. The van der Waals surface area contributed by atoms with Crippen LogP contribution in [0.15, 0.2) is 35.7 Å². The number of carbonyl (C=O) groups is 2. The Balaban J connectivity index is 2.00. The van der Waals surface area contributed by atoms with Crippen molar-refractivity contribution in [2.45, 2.75) is 31.9 Å². The summed E-state index contributed by atoms with van der Waals surface area (Å²) in [4.78, 5) is 27.9. The van der Waals surface area contributed by atoms with Crippen molar-refractivity contribution < 1.29 is 24.3 Å². The zero-order valence-corrected chi connectivity index (χ0v) is 16.6. The summed E-state index contributed by atoms with van der Waals surface area (Å²) >= 11 is 0. The zero-order chi connectivity index (χ0) is 21.1. The van der Waals surface area contributed by atoms with Gasteiger partial charge in [-0.2, -0.15) is 0 Å². The quantitative estimate of drug-likeness (QED) is 0.310. The molecule has 3 amide bonds. The number of amidine groups is 1. The Kier molecular flexibility index (Phi) is 6.04. The van der Waals surface area contributed by atoms with Crippen LogP contribution >= 0.6 is 0 Å². The Labute approximate surface area is 168 Å². The third-order valence-corrected chi connectivity index (χ3v) is 5.18. The molecule has 1 aromatic carbocycles. The van der Waals surface area contributed by atoms with Gasteiger partial charge in [0.05, 0.1) is 24.9 Å². The molecule has 29 heavy (non-hydrogen) atoms. The molecule has 0 bridgehead atoms. The summed E-state index contributed by atoms with van der Waals surface area (Å²) < 4.78 is 11.0. The van der Waals surface area contributed by atoms with Crippen LogP contribution in [0, 0.1) is 5.41 Å². The third kappa shape index (κ3) is 3.64. The molecule has 2 fully saturated rings. The van der Waals surface area contributed by atoms with Crippen molar-refractivity contribution in [3.05, 3.63) is 35.7 Å². The second-order valence-electron chi connectivity index (χ2n) is 6.70. The van der Waals surface area contributed by atoms with E-state index in [9.17, 15) is 14.8 Å². The van der Waals surface area contributed by atoms with E-state index in [1.54, 1.807) is 41.7 Å². The third-order valence-electron chi connectivity index (χ3n) is 5.18. The Morgan fingerprint density at radius 1 is 1.41 bits per heavy atom. The summed E-state index contributed by atoms with van der Waals surface area (Å²) in [7, 11) is 3.15. The molecule has 2 atom stereocenters. The number of nitrogens with one attached hydrogen (secondary N) is 3. The highest BCUT2D eigenvalue weighted by atomic mass is 16.5. The molecule has 0 radical (unpaired) electrons. The lowest BCUT2D eigenvalue weighted by molar-refractivity contribution is -0.128. The van der Waals surface area contributed by atoms with Crippen LogP contribution in [0.4, 0.5) is 10.5 Å². The number of amides is 3. The first-order chi connectivity index (χ1) is 13.9. The van der Waals surface area contributed by atoms with Crippen LogP contribution < -0.4 is 20.4 Å². The summed E-state index contributed by atoms with van der Waals surface area (Å²) in [5, 5.41) is 20.4. The van der Waals surface area contributed by atoms with Gasteiger partial charge in [-0.25, -0.2) is 15.2 Å². The maximum absolute atomic E-state index is 12.7. The number of hydrogen-bond donors (Lipinski definition) is 4. The fourth-order valence-electron chi connectivity index (χ4n) is 3.62. The number of anilines is 1. The van der Waals surface area contributed by atoms with Crippen molar-refractivity contribution in [3.63, 3.8) is 0 Å². The maximum Gasteiger partial charge on any atom is 0.332 e. The molecule has 0 aromatic heterocycles.